The van der Waals surface area contributed by atoms with Gasteiger partial charge in [0.1, 0.15) is 12.0 Å². The van der Waals surface area contributed by atoms with E-state index in [0.717, 1.165) is 5.56 Å². The van der Waals surface area contributed by atoms with Crippen molar-refractivity contribution in [2.45, 2.75) is 6.42 Å². The van der Waals surface area contributed by atoms with Crippen LogP contribution in [0.25, 0.3) is 4.96 Å². The van der Waals surface area contributed by atoms with Crippen LogP contribution < -0.4 is 5.32 Å². The Morgan fingerprint density at radius 2 is 2.33 bits per heavy atom. The van der Waals surface area contributed by atoms with E-state index in [1.807, 2.05) is 6.07 Å². The zero-order chi connectivity index (χ0) is 14.8. The third-order valence-corrected chi connectivity index (χ3v) is 3.76. The maximum Gasteiger partial charge on any atom is 0.372 e. The molecule has 108 valence electrons. The summed E-state index contributed by atoms with van der Waals surface area (Å²) in [6.45, 7) is 0.440. The molecule has 2 heterocycles. The quantitative estimate of drug-likeness (QED) is 0.580. The van der Waals surface area contributed by atoms with Crippen LogP contribution in [0.2, 0.25) is 0 Å². The van der Waals surface area contributed by atoms with Gasteiger partial charge in [-0.3, -0.25) is 0 Å². The van der Waals surface area contributed by atoms with Crippen molar-refractivity contribution in [3.05, 3.63) is 57.3 Å². The summed E-state index contributed by atoms with van der Waals surface area (Å²) in [7, 11) is 0. The fourth-order valence-corrected chi connectivity index (χ4v) is 2.79. The highest BCUT2D eigenvalue weighted by Crippen LogP contribution is 2.27. The molecule has 0 fully saturated rings. The van der Waals surface area contributed by atoms with Crippen molar-refractivity contribution in [1.29, 1.82) is 0 Å². The van der Waals surface area contributed by atoms with E-state index in [-0.39, 0.29) is 17.5 Å². The number of halogens is 1. The largest absolute Gasteiger partial charge is 0.372 e. The summed E-state index contributed by atoms with van der Waals surface area (Å²) in [6.07, 6.45) is 2.17. The predicted molar refractivity (Wildman–Crippen MR) is 78.3 cm³/mol. The molecule has 8 heteroatoms. The zero-order valence-corrected chi connectivity index (χ0v) is 11.6. The van der Waals surface area contributed by atoms with Crippen LogP contribution >= 0.6 is 11.3 Å². The van der Waals surface area contributed by atoms with Crippen LogP contribution in [-0.2, 0) is 6.42 Å². The monoisotopic (exact) mass is 306 g/mol. The van der Waals surface area contributed by atoms with Crippen LogP contribution in [0.15, 0.2) is 35.8 Å². The van der Waals surface area contributed by atoms with Gasteiger partial charge in [0.2, 0.25) is 5.82 Å². The molecule has 0 saturated carbocycles. The molecule has 3 rings (SSSR count). The highest BCUT2D eigenvalue weighted by atomic mass is 32.1. The molecule has 2 aromatic heterocycles. The number of anilines is 1. The number of imidazole rings is 1. The minimum Gasteiger partial charge on any atom is -0.363 e. The summed E-state index contributed by atoms with van der Waals surface area (Å²) in [5.41, 5.74) is 0.825. The van der Waals surface area contributed by atoms with Crippen molar-refractivity contribution in [3.63, 3.8) is 0 Å². The lowest BCUT2D eigenvalue weighted by atomic mass is 10.1. The number of nitrogens with zero attached hydrogens (tertiary/aromatic N) is 3. The van der Waals surface area contributed by atoms with Gasteiger partial charge < -0.3 is 15.4 Å². The minimum atomic E-state index is -0.461. The van der Waals surface area contributed by atoms with E-state index in [0.29, 0.717) is 17.9 Å². The van der Waals surface area contributed by atoms with Crippen molar-refractivity contribution in [1.82, 2.24) is 9.38 Å². The van der Waals surface area contributed by atoms with Crippen molar-refractivity contribution >= 4 is 27.9 Å². The molecule has 1 N–H and O–H groups in total. The molecule has 0 bridgehead atoms. The molecule has 0 amide bonds. The highest BCUT2D eigenvalue weighted by molar-refractivity contribution is 7.15. The lowest BCUT2D eigenvalue weighted by Gasteiger charge is -2.04. The molecule has 0 atom stereocenters. The number of nitrogens with one attached hydrogen (secondary N) is 1. The highest BCUT2D eigenvalue weighted by Gasteiger charge is 2.22. The Balaban J connectivity index is 1.74. The lowest BCUT2D eigenvalue weighted by molar-refractivity contribution is -0.389. The second-order valence-corrected chi connectivity index (χ2v) is 5.28. The number of nitro groups is 1. The van der Waals surface area contributed by atoms with Crippen molar-refractivity contribution in [3.8, 4) is 0 Å². The molecule has 21 heavy (non-hydrogen) atoms. The maximum atomic E-state index is 13.1. The van der Waals surface area contributed by atoms with E-state index < -0.39 is 4.92 Å². The number of hydrogen-bond donors (Lipinski definition) is 1. The van der Waals surface area contributed by atoms with Crippen LogP contribution in [0, 0.1) is 15.9 Å². The van der Waals surface area contributed by atoms with Crippen LogP contribution in [0.4, 0.5) is 16.0 Å². The molecule has 0 spiro atoms. The lowest BCUT2D eigenvalue weighted by Crippen LogP contribution is -2.07. The summed E-state index contributed by atoms with van der Waals surface area (Å²) in [6, 6.07) is 6.28. The van der Waals surface area contributed by atoms with E-state index in [9.17, 15) is 14.5 Å². The van der Waals surface area contributed by atoms with Crippen LogP contribution in [0.1, 0.15) is 5.56 Å². The molecule has 0 saturated heterocycles. The molecule has 0 unspecified atom stereocenters. The Morgan fingerprint density at radius 1 is 1.48 bits per heavy atom. The predicted octanol–water partition coefficient (Wildman–Crippen LogP) is 3.10. The molecule has 0 aliphatic carbocycles. The van der Waals surface area contributed by atoms with E-state index in [1.54, 1.807) is 17.6 Å². The molecule has 0 aliphatic heterocycles. The van der Waals surface area contributed by atoms with E-state index in [2.05, 4.69) is 10.3 Å². The van der Waals surface area contributed by atoms with Gasteiger partial charge in [0.05, 0.1) is 0 Å². The molecule has 1 aromatic carbocycles. The molecule has 0 radical (unpaired) electrons. The third kappa shape index (κ3) is 2.70. The topological polar surface area (TPSA) is 72.5 Å². The van der Waals surface area contributed by atoms with Crippen molar-refractivity contribution in [2.24, 2.45) is 0 Å². The summed E-state index contributed by atoms with van der Waals surface area (Å²) >= 11 is 1.33. The normalized spacial score (nSPS) is 10.9. The van der Waals surface area contributed by atoms with Crippen molar-refractivity contribution < 1.29 is 9.31 Å². The van der Waals surface area contributed by atoms with Crippen LogP contribution in [0.3, 0.4) is 0 Å². The van der Waals surface area contributed by atoms with E-state index >= 15 is 0 Å². The van der Waals surface area contributed by atoms with Gasteiger partial charge in [-0.2, -0.15) is 9.38 Å². The molecular formula is C13H11FN4O2S. The molecule has 6 nitrogen and oxygen atoms in total. The van der Waals surface area contributed by atoms with Crippen molar-refractivity contribution in [2.75, 3.05) is 11.9 Å². The van der Waals surface area contributed by atoms with E-state index in [4.69, 9.17) is 0 Å². The Hall–Kier alpha value is -2.48. The zero-order valence-electron chi connectivity index (χ0n) is 10.8. The summed E-state index contributed by atoms with van der Waals surface area (Å²) in [5.74, 6) is -0.130. The molecule has 3 aromatic rings. The molecular weight excluding hydrogens is 295 g/mol. The number of rotatable bonds is 5. The Morgan fingerprint density at radius 3 is 3.10 bits per heavy atom. The Kier molecular flexibility index (Phi) is 3.53. The standard InChI is InChI=1S/C13H11FN4O2S/c14-10-3-1-2-9(8-10)4-5-15-11-12(18(19)20)17-6-7-21-13(17)16-11/h1-3,6-8,15H,4-5H2. The number of hydrogen-bond acceptors (Lipinski definition) is 5. The van der Waals surface area contributed by atoms with Gasteiger partial charge in [-0.15, -0.1) is 0 Å². The smallest absolute Gasteiger partial charge is 0.363 e. The first-order valence-corrected chi connectivity index (χ1v) is 7.11. The summed E-state index contributed by atoms with van der Waals surface area (Å²) in [4.78, 5) is 15.4. The van der Waals surface area contributed by atoms with Gasteiger partial charge in [-0.1, -0.05) is 23.5 Å². The summed E-state index contributed by atoms with van der Waals surface area (Å²) in [5, 5.41) is 15.8. The fourth-order valence-electron chi connectivity index (χ4n) is 2.08. The average Bonchev–Trinajstić information content (AvgIpc) is 2.98. The van der Waals surface area contributed by atoms with Gasteiger partial charge in [0.25, 0.3) is 4.96 Å². The van der Waals surface area contributed by atoms with Gasteiger partial charge in [0, 0.05) is 11.9 Å². The Bertz CT molecular complexity index is 798. The number of fused-ring (bicyclic) bond motifs is 1. The summed E-state index contributed by atoms with van der Waals surface area (Å²) < 4.78 is 14.5. The Labute approximate surface area is 123 Å². The number of benzene rings is 1. The van der Waals surface area contributed by atoms with E-state index in [1.165, 1.54) is 27.9 Å². The van der Waals surface area contributed by atoms with Crippen LogP contribution in [-0.4, -0.2) is 20.9 Å². The third-order valence-electron chi connectivity index (χ3n) is 3.00. The maximum absolute atomic E-state index is 13.1. The van der Waals surface area contributed by atoms with Gasteiger partial charge in [-0.05, 0) is 29.0 Å². The molecule has 0 aliphatic rings. The first kappa shape index (κ1) is 13.5. The first-order chi connectivity index (χ1) is 10.1. The second-order valence-electron chi connectivity index (χ2n) is 4.40. The fraction of sp³-hybridized carbons (Fsp3) is 0.154. The van der Waals surface area contributed by atoms with Gasteiger partial charge in [0.15, 0.2) is 0 Å². The minimum absolute atomic E-state index is 0.0782. The SMILES string of the molecule is O=[N+]([O-])c1c(NCCc2cccc(F)c2)nc2sccn12. The first-order valence-electron chi connectivity index (χ1n) is 6.23. The van der Waals surface area contributed by atoms with Gasteiger partial charge in [-0.25, -0.2) is 4.39 Å². The number of thiazole rings is 1. The van der Waals surface area contributed by atoms with Crippen LogP contribution in [0.5, 0.6) is 0 Å². The average molecular weight is 306 g/mol. The second kappa shape index (κ2) is 5.49. The number of aromatic nitrogens is 2. The van der Waals surface area contributed by atoms with Gasteiger partial charge >= 0.3 is 5.82 Å².